The van der Waals surface area contributed by atoms with E-state index in [0.717, 1.165) is 12.1 Å². The van der Waals surface area contributed by atoms with Crippen molar-refractivity contribution in [2.24, 2.45) is 0 Å². The van der Waals surface area contributed by atoms with Crippen LogP contribution in [-0.2, 0) is 24.0 Å². The van der Waals surface area contributed by atoms with E-state index in [2.05, 4.69) is 15.3 Å². The number of amides is 2. The highest BCUT2D eigenvalue weighted by atomic mass is 35.5. The SMILES string of the molecule is Cc1cc([C@@H](C)Nc2nc(Cl)nc3c2CN(C(=O)N2CCOCC2)C3)cc(C(F)(F)F)c1. The van der Waals surface area contributed by atoms with Gasteiger partial charge in [0.2, 0.25) is 5.28 Å². The minimum atomic E-state index is -4.43. The number of nitrogens with one attached hydrogen (secondary N) is 1. The lowest BCUT2D eigenvalue weighted by molar-refractivity contribution is -0.137. The van der Waals surface area contributed by atoms with Crippen LogP contribution in [0.25, 0.3) is 0 Å². The highest BCUT2D eigenvalue weighted by Crippen LogP contribution is 2.34. The molecule has 2 aliphatic rings. The molecule has 0 radical (unpaired) electrons. The number of hydrogen-bond donors (Lipinski definition) is 1. The standard InChI is InChI=1S/C21H23ClF3N5O2/c1-12-7-14(9-15(8-12)21(23,24)25)13(2)26-18-16-10-30(11-17(16)27-19(22)28-18)20(31)29-3-5-32-6-4-29/h7-9,13H,3-6,10-11H2,1-2H3,(H,26,27,28)/t13-/m1/s1. The molecule has 2 amide bonds. The molecule has 1 saturated heterocycles. The van der Waals surface area contributed by atoms with Crippen molar-refractivity contribution < 1.29 is 22.7 Å². The summed E-state index contributed by atoms with van der Waals surface area (Å²) in [6, 6.07) is 3.35. The maximum atomic E-state index is 13.2. The summed E-state index contributed by atoms with van der Waals surface area (Å²) in [5, 5.41) is 3.18. The molecule has 2 aliphatic heterocycles. The average molecular weight is 470 g/mol. The van der Waals surface area contributed by atoms with Gasteiger partial charge in [-0.1, -0.05) is 11.6 Å². The number of carbonyl (C=O) groups is 1. The molecule has 0 unspecified atom stereocenters. The molecular weight excluding hydrogens is 447 g/mol. The van der Waals surface area contributed by atoms with Crippen molar-refractivity contribution in [1.82, 2.24) is 19.8 Å². The van der Waals surface area contributed by atoms with Crippen LogP contribution in [0.1, 0.15) is 40.9 Å². The summed E-state index contributed by atoms with van der Waals surface area (Å²) in [5.41, 5.74) is 1.62. The third kappa shape index (κ3) is 4.75. The molecule has 2 aromatic rings. The minimum Gasteiger partial charge on any atom is -0.378 e. The topological polar surface area (TPSA) is 70.6 Å². The molecule has 1 atom stereocenters. The number of halogens is 4. The Bertz CT molecular complexity index is 1030. The number of aryl methyl sites for hydroxylation is 1. The largest absolute Gasteiger partial charge is 0.416 e. The second kappa shape index (κ2) is 8.74. The summed E-state index contributed by atoms with van der Waals surface area (Å²) in [4.78, 5) is 24.8. The lowest BCUT2D eigenvalue weighted by Gasteiger charge is -2.30. The van der Waals surface area contributed by atoms with Crippen LogP contribution in [0.15, 0.2) is 18.2 Å². The van der Waals surface area contributed by atoms with Crippen molar-refractivity contribution in [3.05, 3.63) is 51.4 Å². The number of rotatable bonds is 3. The molecular formula is C21H23ClF3N5O2. The zero-order valence-corrected chi connectivity index (χ0v) is 18.4. The zero-order chi connectivity index (χ0) is 23.0. The molecule has 0 aliphatic carbocycles. The second-order valence-corrected chi connectivity index (χ2v) is 8.34. The first-order valence-electron chi connectivity index (χ1n) is 10.2. The predicted octanol–water partition coefficient (Wildman–Crippen LogP) is 4.40. The van der Waals surface area contributed by atoms with Crippen molar-refractivity contribution in [3.8, 4) is 0 Å². The molecule has 4 rings (SSSR count). The van der Waals surface area contributed by atoms with Crippen LogP contribution in [0.2, 0.25) is 5.28 Å². The summed E-state index contributed by atoms with van der Waals surface area (Å²) in [7, 11) is 0. The van der Waals surface area contributed by atoms with Gasteiger partial charge in [-0.15, -0.1) is 0 Å². The number of urea groups is 1. The average Bonchev–Trinajstić information content (AvgIpc) is 3.17. The number of hydrogen-bond acceptors (Lipinski definition) is 5. The van der Waals surface area contributed by atoms with Crippen LogP contribution >= 0.6 is 11.6 Å². The maximum absolute atomic E-state index is 13.2. The Morgan fingerprint density at radius 3 is 2.56 bits per heavy atom. The fourth-order valence-electron chi connectivity index (χ4n) is 3.95. The Morgan fingerprint density at radius 1 is 1.16 bits per heavy atom. The molecule has 1 fully saturated rings. The van der Waals surface area contributed by atoms with Gasteiger partial charge < -0.3 is 19.9 Å². The highest BCUT2D eigenvalue weighted by molar-refractivity contribution is 6.28. The van der Waals surface area contributed by atoms with E-state index in [4.69, 9.17) is 16.3 Å². The summed E-state index contributed by atoms with van der Waals surface area (Å²) >= 11 is 6.10. The van der Waals surface area contributed by atoms with Crippen molar-refractivity contribution in [1.29, 1.82) is 0 Å². The normalized spacial score (nSPS) is 17.3. The summed E-state index contributed by atoms with van der Waals surface area (Å²) in [6.07, 6.45) is -4.43. The van der Waals surface area contributed by atoms with Gasteiger partial charge in [0, 0.05) is 24.7 Å². The third-order valence-electron chi connectivity index (χ3n) is 5.59. The second-order valence-electron chi connectivity index (χ2n) is 8.00. The van der Waals surface area contributed by atoms with Crippen LogP contribution in [0.3, 0.4) is 0 Å². The van der Waals surface area contributed by atoms with Crippen LogP contribution in [0.5, 0.6) is 0 Å². The number of carbonyl (C=O) groups excluding carboxylic acids is 1. The number of benzene rings is 1. The molecule has 3 heterocycles. The molecule has 7 nitrogen and oxygen atoms in total. The number of ether oxygens (including phenoxy) is 1. The fourth-order valence-corrected chi connectivity index (χ4v) is 4.14. The maximum Gasteiger partial charge on any atom is 0.416 e. The molecule has 172 valence electrons. The lowest BCUT2D eigenvalue weighted by atomic mass is 10.0. The van der Waals surface area contributed by atoms with Gasteiger partial charge in [-0.25, -0.2) is 14.8 Å². The van der Waals surface area contributed by atoms with Crippen molar-refractivity contribution >= 4 is 23.4 Å². The first-order valence-corrected chi connectivity index (χ1v) is 10.6. The molecule has 1 N–H and O–H groups in total. The quantitative estimate of drug-likeness (QED) is 0.675. The van der Waals surface area contributed by atoms with Crippen molar-refractivity contribution in [3.63, 3.8) is 0 Å². The van der Waals surface area contributed by atoms with Crippen LogP contribution < -0.4 is 5.32 Å². The van der Waals surface area contributed by atoms with Crippen molar-refractivity contribution in [2.75, 3.05) is 31.6 Å². The number of aromatic nitrogens is 2. The van der Waals surface area contributed by atoms with E-state index < -0.39 is 17.8 Å². The summed E-state index contributed by atoms with van der Waals surface area (Å²) in [5.74, 6) is 0.417. The van der Waals surface area contributed by atoms with Gasteiger partial charge in [0.15, 0.2) is 0 Å². The molecule has 0 spiro atoms. The lowest BCUT2D eigenvalue weighted by Crippen LogP contribution is -2.46. The van der Waals surface area contributed by atoms with Gasteiger partial charge in [-0.2, -0.15) is 13.2 Å². The molecule has 11 heteroatoms. The monoisotopic (exact) mass is 469 g/mol. The van der Waals surface area contributed by atoms with E-state index >= 15 is 0 Å². The molecule has 0 saturated carbocycles. The number of alkyl halides is 3. The minimum absolute atomic E-state index is 0.0133. The van der Waals surface area contributed by atoms with Gasteiger partial charge in [-0.05, 0) is 43.1 Å². The molecule has 1 aromatic heterocycles. The Balaban J connectivity index is 1.56. The van der Waals surface area contributed by atoms with Gasteiger partial charge in [-0.3, -0.25) is 0 Å². The number of morpholine rings is 1. The van der Waals surface area contributed by atoms with Crippen LogP contribution in [0.4, 0.5) is 23.8 Å². The molecule has 1 aromatic carbocycles. The number of fused-ring (bicyclic) bond motifs is 1. The first-order chi connectivity index (χ1) is 15.1. The van der Waals surface area contributed by atoms with E-state index in [-0.39, 0.29) is 11.3 Å². The zero-order valence-electron chi connectivity index (χ0n) is 17.7. The third-order valence-corrected chi connectivity index (χ3v) is 5.76. The van der Waals surface area contributed by atoms with Crippen LogP contribution in [-0.4, -0.2) is 52.1 Å². The Hall–Kier alpha value is -2.59. The van der Waals surface area contributed by atoms with Gasteiger partial charge >= 0.3 is 12.2 Å². The van der Waals surface area contributed by atoms with E-state index in [9.17, 15) is 18.0 Å². The highest BCUT2D eigenvalue weighted by Gasteiger charge is 2.33. The van der Waals surface area contributed by atoms with Gasteiger partial charge in [0.05, 0.1) is 37.6 Å². The van der Waals surface area contributed by atoms with Gasteiger partial charge in [0.1, 0.15) is 5.82 Å². The number of nitrogens with zero attached hydrogens (tertiary/aromatic N) is 4. The summed E-state index contributed by atoms with van der Waals surface area (Å²) in [6.45, 7) is 6.00. The molecule has 0 bridgehead atoms. The fraction of sp³-hybridized carbons (Fsp3) is 0.476. The predicted molar refractivity (Wildman–Crippen MR) is 112 cm³/mol. The van der Waals surface area contributed by atoms with E-state index in [0.29, 0.717) is 67.6 Å². The summed E-state index contributed by atoms with van der Waals surface area (Å²) < 4.78 is 45.0. The number of anilines is 1. The molecule has 32 heavy (non-hydrogen) atoms. The Morgan fingerprint density at radius 2 is 1.88 bits per heavy atom. The van der Waals surface area contributed by atoms with Crippen LogP contribution in [0, 0.1) is 6.92 Å². The first kappa shape index (κ1) is 22.6. The Kier molecular flexibility index (Phi) is 6.17. The van der Waals surface area contributed by atoms with E-state index in [1.54, 1.807) is 29.7 Å². The smallest absolute Gasteiger partial charge is 0.378 e. The van der Waals surface area contributed by atoms with Gasteiger partial charge in [0.25, 0.3) is 0 Å². The van der Waals surface area contributed by atoms with E-state index in [1.165, 1.54) is 0 Å². The van der Waals surface area contributed by atoms with Crippen molar-refractivity contribution in [2.45, 2.75) is 39.2 Å². The Labute approximate surface area is 188 Å². The van der Waals surface area contributed by atoms with E-state index in [1.807, 2.05) is 0 Å².